The van der Waals surface area contributed by atoms with Crippen molar-refractivity contribution < 1.29 is 23.0 Å². The van der Waals surface area contributed by atoms with Gasteiger partial charge in [0.05, 0.1) is 0 Å². The third kappa shape index (κ3) is 7.50. The Hall–Kier alpha value is -2.07. The van der Waals surface area contributed by atoms with Crippen LogP contribution in [0.1, 0.15) is 38.9 Å². The van der Waals surface area contributed by atoms with Crippen LogP contribution in [0.2, 0.25) is 0 Å². The van der Waals surface area contributed by atoms with Gasteiger partial charge in [0.2, 0.25) is 0 Å². The van der Waals surface area contributed by atoms with Gasteiger partial charge in [-0.1, -0.05) is 35.4 Å². The molecule has 37 heavy (non-hydrogen) atoms. The zero-order valence-electron chi connectivity index (χ0n) is 23.0. The van der Waals surface area contributed by atoms with E-state index in [2.05, 4.69) is 87.0 Å². The van der Waals surface area contributed by atoms with Crippen molar-refractivity contribution in [3.63, 3.8) is 0 Å². The van der Waals surface area contributed by atoms with Crippen LogP contribution in [0.25, 0.3) is 0 Å². The van der Waals surface area contributed by atoms with E-state index >= 15 is 0 Å². The molecule has 0 aliphatic carbocycles. The number of aryl methyl sites for hydroxylation is 6. The Kier molecular flexibility index (Phi) is 10.5. The van der Waals surface area contributed by atoms with E-state index in [9.17, 15) is 0 Å². The van der Waals surface area contributed by atoms with Crippen LogP contribution in [0.5, 0.6) is 11.5 Å². The molecule has 0 aromatic heterocycles. The SMILES string of the molecule is COc1ccc([OH+]C)c([CH]=[Ru]([Cl])[Cl])c1.Cc1cc(C)c(N2[CH-]N(c3c(C)cc(C)cc3C)CC2)c(C)c1. The van der Waals surface area contributed by atoms with E-state index < -0.39 is 13.5 Å². The maximum absolute atomic E-state index is 5.81. The van der Waals surface area contributed by atoms with Gasteiger partial charge in [-0.15, -0.1) is 0 Å². The van der Waals surface area contributed by atoms with Crippen molar-refractivity contribution in [2.24, 2.45) is 0 Å². The molecule has 4 nitrogen and oxygen atoms in total. The van der Waals surface area contributed by atoms with Gasteiger partial charge in [-0.05, 0) is 63.8 Å². The van der Waals surface area contributed by atoms with Crippen LogP contribution in [0.4, 0.5) is 11.4 Å². The summed E-state index contributed by atoms with van der Waals surface area (Å²) in [7, 11) is 15.0. The summed E-state index contributed by atoms with van der Waals surface area (Å²) >= 11 is -1.81. The Morgan fingerprint density at radius 2 is 1.27 bits per heavy atom. The summed E-state index contributed by atoms with van der Waals surface area (Å²) in [5.74, 6) is 1.67. The molecule has 1 N–H and O–H groups in total. The average Bonchev–Trinajstić information content (AvgIpc) is 3.26. The summed E-state index contributed by atoms with van der Waals surface area (Å²) < 4.78 is 11.1. The van der Waals surface area contributed by atoms with Crippen molar-refractivity contribution in [1.82, 2.24) is 0 Å². The number of methoxy groups -OCH3 is 1. The van der Waals surface area contributed by atoms with Crippen LogP contribution in [-0.4, -0.2) is 36.7 Å². The van der Waals surface area contributed by atoms with E-state index in [1.165, 1.54) is 44.8 Å². The van der Waals surface area contributed by atoms with Crippen LogP contribution < -0.4 is 14.5 Å². The van der Waals surface area contributed by atoms with Gasteiger partial charge < -0.3 is 9.80 Å². The van der Waals surface area contributed by atoms with E-state index in [1.807, 2.05) is 22.8 Å². The van der Waals surface area contributed by atoms with Crippen LogP contribution in [-0.2, 0) is 13.5 Å². The average molecular weight is 631 g/mol. The zero-order valence-corrected chi connectivity index (χ0v) is 26.2. The van der Waals surface area contributed by atoms with E-state index in [-0.39, 0.29) is 0 Å². The number of benzene rings is 3. The largest absolute Gasteiger partial charge is 0.502 e. The van der Waals surface area contributed by atoms with Gasteiger partial charge in [-0.2, -0.15) is 6.67 Å². The van der Waals surface area contributed by atoms with Crippen molar-refractivity contribution in [2.75, 3.05) is 37.1 Å². The Bertz CT molecular complexity index is 1180. The molecular formula is C30H38Cl2N2O2Ru. The van der Waals surface area contributed by atoms with Crippen molar-refractivity contribution >= 4 is 35.4 Å². The summed E-state index contributed by atoms with van der Waals surface area (Å²) in [5, 5.41) is 0. The molecule has 1 aliphatic heterocycles. The summed E-state index contributed by atoms with van der Waals surface area (Å²) in [6.45, 7) is 17.6. The molecule has 7 heteroatoms. The Morgan fingerprint density at radius 3 is 1.65 bits per heavy atom. The molecule has 0 radical (unpaired) electrons. The van der Waals surface area contributed by atoms with Crippen LogP contribution >= 0.6 is 19.4 Å². The predicted octanol–water partition coefficient (Wildman–Crippen LogP) is 7.63. The van der Waals surface area contributed by atoms with Crippen molar-refractivity contribution in [3.8, 4) is 11.5 Å². The number of aliphatic hydroxyl groups is 1. The molecule has 0 bridgehead atoms. The first-order valence-electron chi connectivity index (χ1n) is 12.2. The molecule has 1 saturated heterocycles. The first-order chi connectivity index (χ1) is 17.5. The summed E-state index contributed by atoms with van der Waals surface area (Å²) in [4.78, 5) is 4.81. The second-order valence-electron chi connectivity index (χ2n) is 9.45. The molecule has 202 valence electrons. The van der Waals surface area contributed by atoms with E-state index in [0.29, 0.717) is 0 Å². The van der Waals surface area contributed by atoms with E-state index in [1.54, 1.807) is 14.2 Å². The van der Waals surface area contributed by atoms with Crippen LogP contribution in [0.3, 0.4) is 0 Å². The minimum absolute atomic E-state index is 0.785. The van der Waals surface area contributed by atoms with Crippen molar-refractivity contribution in [3.05, 3.63) is 88.1 Å². The van der Waals surface area contributed by atoms with Crippen LogP contribution in [0.15, 0.2) is 42.5 Å². The summed E-state index contributed by atoms with van der Waals surface area (Å²) in [6.07, 6.45) is 0. The quantitative estimate of drug-likeness (QED) is 0.165. The molecule has 0 unspecified atom stereocenters. The molecule has 0 saturated carbocycles. The number of anilines is 2. The molecular weight excluding hydrogens is 592 g/mol. The molecule has 0 atom stereocenters. The maximum Gasteiger partial charge on any atom is 0.0146 e. The smallest absolute Gasteiger partial charge is 0.0146 e. The number of aromatic hydroxyl groups is 1. The van der Waals surface area contributed by atoms with Gasteiger partial charge in [0.1, 0.15) is 0 Å². The van der Waals surface area contributed by atoms with E-state index in [0.717, 1.165) is 30.2 Å². The number of rotatable bonds is 5. The second kappa shape index (κ2) is 13.1. The molecule has 3 aromatic rings. The third-order valence-corrected chi connectivity index (χ3v) is 8.20. The fourth-order valence-corrected chi connectivity index (χ4v) is 6.91. The number of ether oxygens (including phenoxy) is 2. The van der Waals surface area contributed by atoms with Gasteiger partial charge >= 0.3 is 96.5 Å². The summed E-state index contributed by atoms with van der Waals surface area (Å²) in [6, 6.07) is 14.7. The minimum atomic E-state index is -1.81. The molecule has 1 heterocycles. The van der Waals surface area contributed by atoms with Gasteiger partial charge in [-0.3, -0.25) is 0 Å². The van der Waals surface area contributed by atoms with E-state index in [4.69, 9.17) is 24.1 Å². The number of hydrogen-bond acceptors (Lipinski definition) is 3. The predicted molar refractivity (Wildman–Crippen MR) is 158 cm³/mol. The Labute approximate surface area is 235 Å². The number of nitrogens with zero attached hydrogens (tertiary/aromatic N) is 2. The number of halogens is 2. The first kappa shape index (κ1) is 29.5. The molecule has 4 rings (SSSR count). The normalized spacial score (nSPS) is 13.2. The molecule has 1 fully saturated rings. The fourth-order valence-electron chi connectivity index (χ4n) is 5.12. The van der Waals surface area contributed by atoms with Crippen LogP contribution in [0, 0.1) is 48.2 Å². The minimum Gasteiger partial charge on any atom is -0.502 e. The van der Waals surface area contributed by atoms with Gasteiger partial charge in [0, 0.05) is 24.5 Å². The Balaban J connectivity index is 0.000000233. The standard InChI is InChI=1S/C21H27N2.C9H10O2.2ClH.Ru/c1-14-9-16(3)20(17(4)10-14)22-7-8-23(13-22)21-18(5)11-15(2)12-19(21)6;1-7-6-8(10-2)4-5-9(7)11-3;;;/h9-13H,7-8H2,1-6H3;1,4-6H,2-3H3;2*1H;/q-1;;;;+2/p-1. The van der Waals surface area contributed by atoms with Gasteiger partial charge in [-0.25, -0.2) is 0 Å². The third-order valence-electron chi connectivity index (χ3n) is 6.37. The topological polar surface area (TPSA) is 28.5 Å². The van der Waals surface area contributed by atoms with Gasteiger partial charge in [0.15, 0.2) is 0 Å². The second-order valence-corrected chi connectivity index (χ2v) is 15.2. The monoisotopic (exact) mass is 630 g/mol. The molecule has 0 amide bonds. The molecule has 3 aromatic carbocycles. The molecule has 0 spiro atoms. The van der Waals surface area contributed by atoms with Crippen molar-refractivity contribution in [2.45, 2.75) is 41.5 Å². The van der Waals surface area contributed by atoms with Gasteiger partial charge in [0.25, 0.3) is 0 Å². The maximum atomic E-state index is 5.81. The molecule has 1 aliphatic rings. The zero-order chi connectivity index (χ0) is 27.3. The Morgan fingerprint density at radius 1 is 0.811 bits per heavy atom. The fraction of sp³-hybridized carbons (Fsp3) is 0.333. The van der Waals surface area contributed by atoms with Crippen molar-refractivity contribution in [1.29, 1.82) is 0 Å². The first-order valence-corrected chi connectivity index (χ1v) is 17.7. The summed E-state index contributed by atoms with van der Waals surface area (Å²) in [5.41, 5.74) is 11.8. The number of hydrogen-bond donors (Lipinski definition) is 0.